The number of rotatable bonds is 8. The van der Waals surface area contributed by atoms with E-state index in [1.807, 2.05) is 13.0 Å². The Morgan fingerprint density at radius 1 is 1.36 bits per heavy atom. The van der Waals surface area contributed by atoms with E-state index in [0.717, 1.165) is 17.4 Å². The third-order valence-corrected chi connectivity index (χ3v) is 2.81. The Labute approximate surface area is 128 Å². The molecule has 22 heavy (non-hydrogen) atoms. The van der Waals surface area contributed by atoms with E-state index in [0.29, 0.717) is 26.2 Å². The Morgan fingerprint density at radius 2 is 2.23 bits per heavy atom. The molecule has 120 valence electrons. The summed E-state index contributed by atoms with van der Waals surface area (Å²) in [5.74, 6) is -0.297. The van der Waals surface area contributed by atoms with Gasteiger partial charge in [0.25, 0.3) is 6.29 Å². The number of aliphatic hydroxyl groups excluding tert-OH is 2. The maximum Gasteiger partial charge on any atom is 0.257 e. The molecule has 0 fully saturated rings. The topological polar surface area (TPSA) is 93.1 Å². The van der Waals surface area contributed by atoms with E-state index in [1.165, 1.54) is 6.08 Å². The quantitative estimate of drug-likeness (QED) is 0.499. The monoisotopic (exact) mass is 308 g/mol. The van der Waals surface area contributed by atoms with E-state index >= 15 is 0 Å². The van der Waals surface area contributed by atoms with E-state index < -0.39 is 6.29 Å². The Kier molecular flexibility index (Phi) is 6.20. The number of pyridine rings is 1. The standard InChI is InChI=1S/C15H20N2O5/c1-11-5-12(8-16-7-11)9-22-17-3-2-4-20-15-14(19)6-13(18)10-21-15/h5-8,10,15,17-19H,2-4,9H2,1H3/t15-/m0/s1. The summed E-state index contributed by atoms with van der Waals surface area (Å²) in [4.78, 5) is 9.41. The smallest absolute Gasteiger partial charge is 0.257 e. The van der Waals surface area contributed by atoms with Crippen molar-refractivity contribution in [1.82, 2.24) is 10.5 Å². The van der Waals surface area contributed by atoms with E-state index in [9.17, 15) is 5.11 Å². The molecule has 3 N–H and O–H groups in total. The van der Waals surface area contributed by atoms with Crippen LogP contribution in [0.3, 0.4) is 0 Å². The summed E-state index contributed by atoms with van der Waals surface area (Å²) >= 11 is 0. The largest absolute Gasteiger partial charge is 0.506 e. The van der Waals surface area contributed by atoms with Crippen molar-refractivity contribution in [3.05, 3.63) is 53.4 Å². The number of nitrogens with one attached hydrogen (secondary N) is 1. The zero-order valence-electron chi connectivity index (χ0n) is 12.4. The number of nitrogens with zero attached hydrogens (tertiary/aromatic N) is 1. The number of hydrogen-bond acceptors (Lipinski definition) is 7. The average Bonchev–Trinajstić information content (AvgIpc) is 2.48. The molecule has 0 radical (unpaired) electrons. The summed E-state index contributed by atoms with van der Waals surface area (Å²) < 4.78 is 10.3. The van der Waals surface area contributed by atoms with E-state index in [1.54, 1.807) is 12.4 Å². The lowest BCUT2D eigenvalue weighted by molar-refractivity contribution is -0.108. The number of hydroxylamine groups is 1. The summed E-state index contributed by atoms with van der Waals surface area (Å²) in [5.41, 5.74) is 4.93. The third-order valence-electron chi connectivity index (χ3n) is 2.81. The predicted octanol–water partition coefficient (Wildman–Crippen LogP) is 2.02. The van der Waals surface area contributed by atoms with Crippen molar-refractivity contribution in [2.45, 2.75) is 26.2 Å². The maximum atomic E-state index is 9.49. The zero-order chi connectivity index (χ0) is 15.8. The number of hydrogen-bond donors (Lipinski definition) is 3. The van der Waals surface area contributed by atoms with Gasteiger partial charge in [0.2, 0.25) is 0 Å². The summed E-state index contributed by atoms with van der Waals surface area (Å²) in [7, 11) is 0. The van der Waals surface area contributed by atoms with Crippen LogP contribution >= 0.6 is 0 Å². The van der Waals surface area contributed by atoms with Crippen LogP contribution in [0.4, 0.5) is 0 Å². The first-order valence-electron chi connectivity index (χ1n) is 6.97. The lowest BCUT2D eigenvalue weighted by Crippen LogP contribution is -2.23. The average molecular weight is 308 g/mol. The zero-order valence-corrected chi connectivity index (χ0v) is 12.4. The molecule has 7 heteroatoms. The molecule has 0 aromatic carbocycles. The number of aryl methyl sites for hydroxylation is 1. The van der Waals surface area contributed by atoms with Gasteiger partial charge >= 0.3 is 0 Å². The van der Waals surface area contributed by atoms with Gasteiger partial charge in [-0.05, 0) is 24.5 Å². The van der Waals surface area contributed by atoms with Gasteiger partial charge in [-0.3, -0.25) is 9.82 Å². The highest BCUT2D eigenvalue weighted by Gasteiger charge is 2.18. The molecular formula is C15H20N2O5. The van der Waals surface area contributed by atoms with Crippen molar-refractivity contribution >= 4 is 0 Å². The fraction of sp³-hybridized carbons (Fsp3) is 0.400. The molecule has 1 aliphatic rings. The third kappa shape index (κ3) is 5.36. The summed E-state index contributed by atoms with van der Waals surface area (Å²) in [6.07, 6.45) is 5.67. The van der Waals surface area contributed by atoms with Crippen LogP contribution < -0.4 is 5.48 Å². The van der Waals surface area contributed by atoms with Gasteiger partial charge < -0.3 is 19.7 Å². The van der Waals surface area contributed by atoms with E-state index in [4.69, 9.17) is 19.4 Å². The van der Waals surface area contributed by atoms with Gasteiger partial charge in [0.15, 0.2) is 11.5 Å². The molecule has 0 aliphatic carbocycles. The van der Waals surface area contributed by atoms with Crippen LogP contribution in [0, 0.1) is 6.92 Å². The summed E-state index contributed by atoms with van der Waals surface area (Å²) in [5, 5.41) is 18.6. The predicted molar refractivity (Wildman–Crippen MR) is 78.6 cm³/mol. The normalized spacial score (nSPS) is 17.6. The molecule has 2 rings (SSSR count). The second kappa shape index (κ2) is 8.38. The molecule has 1 aromatic rings. The van der Waals surface area contributed by atoms with Gasteiger partial charge in [0, 0.05) is 25.0 Å². The van der Waals surface area contributed by atoms with Crippen LogP contribution in [0.1, 0.15) is 17.5 Å². The van der Waals surface area contributed by atoms with Crippen LogP contribution in [-0.2, 0) is 20.9 Å². The minimum absolute atomic E-state index is 0.141. The van der Waals surface area contributed by atoms with Crippen molar-refractivity contribution in [2.75, 3.05) is 13.2 Å². The van der Waals surface area contributed by atoms with Crippen LogP contribution in [0.5, 0.6) is 0 Å². The Hall–Kier alpha value is -2.09. The number of aliphatic hydroxyl groups is 2. The van der Waals surface area contributed by atoms with Crippen LogP contribution in [0.15, 0.2) is 42.3 Å². The fourth-order valence-corrected chi connectivity index (χ4v) is 1.82. The molecule has 1 aromatic heterocycles. The lowest BCUT2D eigenvalue weighted by atomic mass is 10.2. The SMILES string of the molecule is Cc1cncc(CONCCCO[C@H]2OC=C(O)C=C2O)c1. The van der Waals surface area contributed by atoms with Crippen LogP contribution in [-0.4, -0.2) is 34.6 Å². The molecule has 0 spiro atoms. The van der Waals surface area contributed by atoms with Gasteiger partial charge in [-0.2, -0.15) is 0 Å². The first-order valence-corrected chi connectivity index (χ1v) is 6.97. The molecule has 1 atom stereocenters. The highest BCUT2D eigenvalue weighted by molar-refractivity contribution is 5.16. The lowest BCUT2D eigenvalue weighted by Gasteiger charge is -2.19. The summed E-state index contributed by atoms with van der Waals surface area (Å²) in [6.45, 7) is 3.39. The van der Waals surface area contributed by atoms with E-state index in [-0.39, 0.29) is 11.5 Å². The van der Waals surface area contributed by atoms with Crippen molar-refractivity contribution in [2.24, 2.45) is 0 Å². The molecule has 0 saturated heterocycles. The molecule has 1 aliphatic heterocycles. The van der Waals surface area contributed by atoms with E-state index in [2.05, 4.69) is 10.5 Å². The van der Waals surface area contributed by atoms with Crippen molar-refractivity contribution in [3.8, 4) is 0 Å². The number of allylic oxidation sites excluding steroid dienone is 1. The molecule has 0 unspecified atom stereocenters. The highest BCUT2D eigenvalue weighted by atomic mass is 16.7. The Morgan fingerprint density at radius 3 is 3.00 bits per heavy atom. The van der Waals surface area contributed by atoms with Crippen LogP contribution in [0.2, 0.25) is 0 Å². The van der Waals surface area contributed by atoms with Gasteiger partial charge in [-0.15, -0.1) is 0 Å². The number of ether oxygens (including phenoxy) is 2. The minimum Gasteiger partial charge on any atom is -0.506 e. The van der Waals surface area contributed by atoms with Crippen LogP contribution in [0.25, 0.3) is 0 Å². The second-order valence-electron chi connectivity index (χ2n) is 4.86. The fourth-order valence-electron chi connectivity index (χ4n) is 1.82. The second-order valence-corrected chi connectivity index (χ2v) is 4.86. The first kappa shape index (κ1) is 16.3. The first-order chi connectivity index (χ1) is 10.6. The molecule has 0 amide bonds. The minimum atomic E-state index is -0.866. The Balaban J connectivity index is 1.52. The Bertz CT molecular complexity index is 544. The molecule has 0 bridgehead atoms. The van der Waals surface area contributed by atoms with Gasteiger partial charge in [0.05, 0.1) is 13.2 Å². The number of aromatic nitrogens is 1. The van der Waals surface area contributed by atoms with Gasteiger partial charge in [-0.25, -0.2) is 5.48 Å². The van der Waals surface area contributed by atoms with Gasteiger partial charge in [0.1, 0.15) is 6.26 Å². The molecule has 0 saturated carbocycles. The molecule has 2 heterocycles. The van der Waals surface area contributed by atoms with Crippen molar-refractivity contribution in [3.63, 3.8) is 0 Å². The molecular weight excluding hydrogens is 288 g/mol. The van der Waals surface area contributed by atoms with Gasteiger partial charge in [-0.1, -0.05) is 6.07 Å². The van der Waals surface area contributed by atoms with Crippen molar-refractivity contribution < 1.29 is 24.5 Å². The summed E-state index contributed by atoms with van der Waals surface area (Å²) in [6, 6.07) is 2.01. The highest BCUT2D eigenvalue weighted by Crippen LogP contribution is 2.14. The molecule has 7 nitrogen and oxygen atoms in total. The van der Waals surface area contributed by atoms with Crippen molar-refractivity contribution in [1.29, 1.82) is 0 Å². The maximum absolute atomic E-state index is 9.49.